The fourth-order valence-electron chi connectivity index (χ4n) is 2.71. The van der Waals surface area contributed by atoms with Gasteiger partial charge in [-0.05, 0) is 66.6 Å². The molecule has 3 aromatic rings. The van der Waals surface area contributed by atoms with Crippen LogP contribution < -0.4 is 0 Å². The van der Waals surface area contributed by atoms with E-state index in [0.717, 1.165) is 16.0 Å². The average Bonchev–Trinajstić information content (AvgIpc) is 3.02. The van der Waals surface area contributed by atoms with Crippen LogP contribution in [0.3, 0.4) is 0 Å². The topological polar surface area (TPSA) is 46.5 Å². The minimum absolute atomic E-state index is 0.209. The Bertz CT molecular complexity index is 1010. The monoisotopic (exact) mass is 369 g/mol. The van der Waals surface area contributed by atoms with Crippen molar-refractivity contribution >= 4 is 27.6 Å². The van der Waals surface area contributed by atoms with Gasteiger partial charge in [-0.1, -0.05) is 35.9 Å². The smallest absolute Gasteiger partial charge is 0.199 e. The predicted molar refractivity (Wildman–Crippen MR) is 105 cm³/mol. The third kappa shape index (κ3) is 3.89. The summed E-state index contributed by atoms with van der Waals surface area (Å²) in [5.41, 5.74) is 5.70. The highest BCUT2D eigenvalue weighted by Crippen LogP contribution is 2.30. The molecule has 1 heterocycles. The Balaban J connectivity index is 1.88. The van der Waals surface area contributed by atoms with Gasteiger partial charge in [-0.15, -0.1) is 11.3 Å². The van der Waals surface area contributed by atoms with E-state index in [1.165, 1.54) is 34.2 Å². The van der Waals surface area contributed by atoms with E-state index in [4.69, 9.17) is 0 Å². The number of hydrogen-bond acceptors (Lipinski definition) is 3. The SMILES string of the molecule is Cc1ccc(S(=O)(=O)N=Cc2cc(-c3c(C)cccc3C)cs2)cc1. The van der Waals surface area contributed by atoms with E-state index in [1.807, 2.05) is 24.4 Å². The highest BCUT2D eigenvalue weighted by molar-refractivity contribution is 7.90. The summed E-state index contributed by atoms with van der Waals surface area (Å²) in [5.74, 6) is 0. The molecule has 0 amide bonds. The molecule has 3 rings (SSSR count). The highest BCUT2D eigenvalue weighted by atomic mass is 32.2. The van der Waals surface area contributed by atoms with Crippen molar-refractivity contribution in [3.8, 4) is 11.1 Å². The maximum atomic E-state index is 12.3. The Morgan fingerprint density at radius 2 is 1.60 bits per heavy atom. The number of sulfonamides is 1. The van der Waals surface area contributed by atoms with Crippen LogP contribution in [0.1, 0.15) is 21.6 Å². The van der Waals surface area contributed by atoms with Crippen LogP contribution in [0.2, 0.25) is 0 Å². The van der Waals surface area contributed by atoms with Crippen molar-refractivity contribution in [3.05, 3.63) is 75.5 Å². The normalized spacial score (nSPS) is 12.0. The second kappa shape index (κ2) is 6.94. The maximum absolute atomic E-state index is 12.3. The average molecular weight is 370 g/mol. The van der Waals surface area contributed by atoms with Crippen LogP contribution in [-0.4, -0.2) is 14.6 Å². The molecule has 0 N–H and O–H groups in total. The van der Waals surface area contributed by atoms with E-state index >= 15 is 0 Å². The number of aryl methyl sites for hydroxylation is 3. The number of rotatable bonds is 4. The van der Waals surface area contributed by atoms with Gasteiger partial charge in [0.2, 0.25) is 0 Å². The minimum Gasteiger partial charge on any atom is -0.199 e. The first-order valence-corrected chi connectivity index (χ1v) is 10.2. The predicted octanol–water partition coefficient (Wildman–Crippen LogP) is 5.15. The number of hydrogen-bond donors (Lipinski definition) is 0. The van der Waals surface area contributed by atoms with E-state index in [0.29, 0.717) is 0 Å². The van der Waals surface area contributed by atoms with Crippen LogP contribution in [0.25, 0.3) is 11.1 Å². The largest absolute Gasteiger partial charge is 0.282 e. The summed E-state index contributed by atoms with van der Waals surface area (Å²) in [6, 6.07) is 14.9. The highest BCUT2D eigenvalue weighted by Gasteiger charge is 2.12. The van der Waals surface area contributed by atoms with Crippen LogP contribution in [-0.2, 0) is 10.0 Å². The lowest BCUT2D eigenvalue weighted by Gasteiger charge is -2.07. The van der Waals surface area contributed by atoms with Crippen LogP contribution in [0.5, 0.6) is 0 Å². The maximum Gasteiger partial charge on any atom is 0.282 e. The molecule has 0 spiro atoms. The van der Waals surface area contributed by atoms with Gasteiger partial charge in [0.25, 0.3) is 10.0 Å². The Labute approximate surface area is 152 Å². The molecule has 0 radical (unpaired) electrons. The Kier molecular flexibility index (Phi) is 4.88. The lowest BCUT2D eigenvalue weighted by molar-refractivity contribution is 0.598. The summed E-state index contributed by atoms with van der Waals surface area (Å²) < 4.78 is 28.5. The Hall–Kier alpha value is -2.24. The summed E-state index contributed by atoms with van der Waals surface area (Å²) in [6.07, 6.45) is 1.43. The zero-order valence-corrected chi connectivity index (χ0v) is 16.0. The fourth-order valence-corrected chi connectivity index (χ4v) is 4.39. The standard InChI is InChI=1S/C20H19NO2S2/c1-14-7-9-19(10-8-14)25(22,23)21-12-18-11-17(13-24-18)20-15(2)5-4-6-16(20)3/h4-13H,1-3H3. The summed E-state index contributed by atoms with van der Waals surface area (Å²) in [6.45, 7) is 6.08. The summed E-state index contributed by atoms with van der Waals surface area (Å²) in [7, 11) is -3.67. The van der Waals surface area contributed by atoms with Gasteiger partial charge in [-0.25, -0.2) is 0 Å². The summed E-state index contributed by atoms with van der Waals surface area (Å²) in [5, 5.41) is 2.04. The third-order valence-corrected chi connectivity index (χ3v) is 6.15. The van der Waals surface area contributed by atoms with Gasteiger partial charge in [0.05, 0.1) is 11.1 Å². The van der Waals surface area contributed by atoms with Crippen LogP contribution in [0, 0.1) is 20.8 Å². The van der Waals surface area contributed by atoms with Crippen molar-refractivity contribution in [2.45, 2.75) is 25.7 Å². The van der Waals surface area contributed by atoms with E-state index in [2.05, 4.69) is 30.4 Å². The van der Waals surface area contributed by atoms with Gasteiger partial charge in [0, 0.05) is 4.88 Å². The van der Waals surface area contributed by atoms with E-state index in [-0.39, 0.29) is 4.90 Å². The fraction of sp³-hybridized carbons (Fsp3) is 0.150. The zero-order chi connectivity index (χ0) is 18.0. The first-order chi connectivity index (χ1) is 11.9. The molecule has 0 aliphatic heterocycles. The molecule has 0 saturated carbocycles. The molecule has 128 valence electrons. The molecule has 0 aliphatic rings. The van der Waals surface area contributed by atoms with Crippen molar-refractivity contribution in [2.24, 2.45) is 4.40 Å². The first kappa shape index (κ1) is 17.6. The Morgan fingerprint density at radius 1 is 0.960 bits per heavy atom. The molecule has 0 bridgehead atoms. The summed E-state index contributed by atoms with van der Waals surface area (Å²) >= 11 is 1.49. The molecule has 0 atom stereocenters. The van der Waals surface area contributed by atoms with Gasteiger partial charge in [-0.2, -0.15) is 12.8 Å². The van der Waals surface area contributed by atoms with Gasteiger partial charge >= 0.3 is 0 Å². The molecule has 5 heteroatoms. The molecular weight excluding hydrogens is 350 g/mol. The zero-order valence-electron chi connectivity index (χ0n) is 14.4. The second-order valence-electron chi connectivity index (χ2n) is 6.03. The molecule has 2 aromatic carbocycles. The second-order valence-corrected chi connectivity index (χ2v) is 8.60. The molecule has 1 aromatic heterocycles. The van der Waals surface area contributed by atoms with E-state index in [9.17, 15) is 8.42 Å². The van der Waals surface area contributed by atoms with E-state index < -0.39 is 10.0 Å². The van der Waals surface area contributed by atoms with Gasteiger partial charge in [-0.3, -0.25) is 0 Å². The van der Waals surface area contributed by atoms with Crippen molar-refractivity contribution in [1.82, 2.24) is 0 Å². The van der Waals surface area contributed by atoms with Crippen molar-refractivity contribution in [2.75, 3.05) is 0 Å². The van der Waals surface area contributed by atoms with Crippen molar-refractivity contribution < 1.29 is 8.42 Å². The van der Waals surface area contributed by atoms with Gasteiger partial charge in [0.15, 0.2) is 0 Å². The van der Waals surface area contributed by atoms with Crippen LogP contribution >= 0.6 is 11.3 Å². The molecule has 0 aliphatic carbocycles. The number of nitrogens with zero attached hydrogens (tertiary/aromatic N) is 1. The quantitative estimate of drug-likeness (QED) is 0.597. The minimum atomic E-state index is -3.67. The third-order valence-electron chi connectivity index (χ3n) is 4.03. The van der Waals surface area contributed by atoms with Crippen molar-refractivity contribution in [3.63, 3.8) is 0 Å². The van der Waals surface area contributed by atoms with Gasteiger partial charge < -0.3 is 0 Å². The molecule has 3 nitrogen and oxygen atoms in total. The molecule has 0 fully saturated rings. The molecular formula is C20H19NO2S2. The van der Waals surface area contributed by atoms with Crippen molar-refractivity contribution in [1.29, 1.82) is 0 Å². The summed E-state index contributed by atoms with van der Waals surface area (Å²) in [4.78, 5) is 1.02. The van der Waals surface area contributed by atoms with E-state index in [1.54, 1.807) is 24.3 Å². The van der Waals surface area contributed by atoms with Gasteiger partial charge in [0.1, 0.15) is 0 Å². The lowest BCUT2D eigenvalue weighted by Crippen LogP contribution is -1.97. The molecule has 0 unspecified atom stereocenters. The number of benzene rings is 2. The molecule has 0 saturated heterocycles. The van der Waals surface area contributed by atoms with Crippen LogP contribution in [0.4, 0.5) is 0 Å². The van der Waals surface area contributed by atoms with Crippen LogP contribution in [0.15, 0.2) is 63.2 Å². The number of thiophene rings is 1. The first-order valence-electron chi connectivity index (χ1n) is 7.89. The Morgan fingerprint density at radius 3 is 2.24 bits per heavy atom. The lowest BCUT2D eigenvalue weighted by atomic mass is 9.98. The molecule has 25 heavy (non-hydrogen) atoms.